The van der Waals surface area contributed by atoms with Gasteiger partial charge in [-0.1, -0.05) is 206 Å². The maximum absolute atomic E-state index is 2.84. The number of anilines is 6. The molecule has 0 unspecified atom stereocenters. The minimum Gasteiger partial charge on any atom is -0.311 e. The molecule has 0 atom stereocenters. The molecule has 0 fully saturated rings. The molecule has 0 spiro atoms. The molecule has 10 aromatic rings. The van der Waals surface area contributed by atoms with E-state index in [1.807, 2.05) is 0 Å². The van der Waals surface area contributed by atoms with Gasteiger partial charge in [0.1, 0.15) is 0 Å². The van der Waals surface area contributed by atoms with E-state index < -0.39 is 8.07 Å². The van der Waals surface area contributed by atoms with E-state index in [1.54, 1.807) is 0 Å². The van der Waals surface area contributed by atoms with Crippen molar-refractivity contribution in [2.75, 3.05) is 9.80 Å². The van der Waals surface area contributed by atoms with Crippen molar-refractivity contribution in [2.45, 2.75) is 0 Å². The van der Waals surface area contributed by atoms with Crippen LogP contribution in [0.1, 0.15) is 0 Å². The van der Waals surface area contributed by atoms with Crippen LogP contribution in [-0.4, -0.2) is 8.07 Å². The van der Waals surface area contributed by atoms with Crippen LogP contribution in [0.15, 0.2) is 267 Å². The number of fused-ring (bicyclic) bond motifs is 2. The highest BCUT2D eigenvalue weighted by atomic mass is 28.3. The molecule has 0 N–H and O–H groups in total. The van der Waals surface area contributed by atoms with E-state index >= 15 is 0 Å². The largest absolute Gasteiger partial charge is 0.311 e. The molecule has 2 nitrogen and oxygen atoms in total. The average Bonchev–Trinajstić information content (AvgIpc) is 3.37. The van der Waals surface area contributed by atoms with Gasteiger partial charge in [0.05, 0.1) is 0 Å². The molecule has 298 valence electrons. The van der Waals surface area contributed by atoms with Crippen molar-refractivity contribution in [1.82, 2.24) is 0 Å². The summed E-state index contributed by atoms with van der Waals surface area (Å²) in [5.74, 6) is 0. The first kappa shape index (κ1) is 38.0. The van der Waals surface area contributed by atoms with Crippen LogP contribution < -0.4 is 30.5 Å². The van der Waals surface area contributed by atoms with Crippen LogP contribution in [0.3, 0.4) is 0 Å². The van der Waals surface area contributed by atoms with Crippen molar-refractivity contribution in [2.24, 2.45) is 0 Å². The second-order valence-corrected chi connectivity index (χ2v) is 19.8. The summed E-state index contributed by atoms with van der Waals surface area (Å²) in [7, 11) is -2.84. The number of para-hydroxylation sites is 2. The van der Waals surface area contributed by atoms with E-state index in [9.17, 15) is 0 Å². The second kappa shape index (κ2) is 16.5. The molecule has 3 heteroatoms. The molecule has 0 saturated heterocycles. The first-order valence-corrected chi connectivity index (χ1v) is 23.7. The van der Waals surface area contributed by atoms with Gasteiger partial charge in [0.25, 0.3) is 0 Å². The summed E-state index contributed by atoms with van der Waals surface area (Å²) < 4.78 is 0. The van der Waals surface area contributed by atoms with Crippen LogP contribution in [0.25, 0.3) is 33.4 Å². The van der Waals surface area contributed by atoms with Crippen LogP contribution in [0.4, 0.5) is 34.1 Å². The van der Waals surface area contributed by atoms with Gasteiger partial charge in [-0.25, -0.2) is 0 Å². The van der Waals surface area contributed by atoms with Gasteiger partial charge in [-0.2, -0.15) is 0 Å². The van der Waals surface area contributed by atoms with E-state index in [0.29, 0.717) is 0 Å². The van der Waals surface area contributed by atoms with E-state index in [-0.39, 0.29) is 0 Å². The van der Waals surface area contributed by atoms with E-state index in [1.165, 1.54) is 65.5 Å². The Kier molecular flexibility index (Phi) is 9.93. The molecular formula is C60H44N2Si. The normalized spacial score (nSPS) is 12.5. The minimum absolute atomic E-state index is 1.09. The summed E-state index contributed by atoms with van der Waals surface area (Å²) in [5.41, 5.74) is 14.1. The zero-order chi connectivity index (χ0) is 42.0. The Morgan fingerprint density at radius 1 is 0.270 bits per heavy atom. The Bertz CT molecular complexity index is 3100. The first-order valence-electron chi connectivity index (χ1n) is 21.7. The fraction of sp³-hybridized carbons (Fsp3) is 0. The monoisotopic (exact) mass is 820 g/mol. The number of nitrogens with zero attached hydrogens (tertiary/aromatic N) is 2. The van der Waals surface area contributed by atoms with Gasteiger partial charge in [-0.3, -0.25) is 0 Å². The van der Waals surface area contributed by atoms with Gasteiger partial charge in [0, 0.05) is 34.1 Å². The second-order valence-electron chi connectivity index (χ2n) is 16.1. The Balaban J connectivity index is 1.07. The first-order chi connectivity index (χ1) is 31.3. The summed E-state index contributed by atoms with van der Waals surface area (Å²) in [6, 6.07) is 97.8. The third-order valence-electron chi connectivity index (χ3n) is 12.5. The van der Waals surface area contributed by atoms with Crippen LogP contribution >= 0.6 is 0 Å². The van der Waals surface area contributed by atoms with Gasteiger partial charge in [0.15, 0.2) is 8.07 Å². The Hall–Kier alpha value is -7.98. The maximum atomic E-state index is 2.51. The van der Waals surface area contributed by atoms with E-state index in [2.05, 4.69) is 277 Å². The molecule has 0 saturated carbocycles. The van der Waals surface area contributed by atoms with Crippen molar-refractivity contribution in [1.29, 1.82) is 0 Å². The predicted octanol–water partition coefficient (Wildman–Crippen LogP) is 13.3. The minimum atomic E-state index is -2.84. The van der Waals surface area contributed by atoms with Gasteiger partial charge in [-0.05, 0) is 115 Å². The average molecular weight is 821 g/mol. The van der Waals surface area contributed by atoms with Gasteiger partial charge in [-0.15, -0.1) is 0 Å². The van der Waals surface area contributed by atoms with Crippen molar-refractivity contribution in [3.63, 3.8) is 0 Å². The highest BCUT2D eigenvalue weighted by Gasteiger charge is 2.48. The van der Waals surface area contributed by atoms with Crippen molar-refractivity contribution >= 4 is 62.9 Å². The number of hydrogen-bond donors (Lipinski definition) is 0. The zero-order valence-electron chi connectivity index (χ0n) is 34.8. The van der Waals surface area contributed by atoms with Crippen molar-refractivity contribution < 1.29 is 0 Å². The summed E-state index contributed by atoms with van der Waals surface area (Å²) in [6.07, 6.45) is 0. The molecule has 1 aliphatic heterocycles. The molecule has 0 bridgehead atoms. The van der Waals surface area contributed by atoms with Gasteiger partial charge >= 0.3 is 0 Å². The Morgan fingerprint density at radius 2 is 0.683 bits per heavy atom. The molecule has 0 aliphatic carbocycles. The molecular weight excluding hydrogens is 777 g/mol. The fourth-order valence-corrected chi connectivity index (χ4v) is 14.8. The Labute approximate surface area is 371 Å². The van der Waals surface area contributed by atoms with E-state index in [0.717, 1.165) is 22.7 Å². The predicted molar refractivity (Wildman–Crippen MR) is 269 cm³/mol. The summed E-state index contributed by atoms with van der Waals surface area (Å²) in [4.78, 5) is 4.84. The van der Waals surface area contributed by atoms with Crippen LogP contribution in [-0.2, 0) is 0 Å². The third kappa shape index (κ3) is 6.86. The van der Waals surface area contributed by atoms with Gasteiger partial charge in [0.2, 0.25) is 0 Å². The van der Waals surface area contributed by atoms with Crippen molar-refractivity contribution in [3.8, 4) is 33.4 Å². The van der Waals surface area contributed by atoms with Crippen LogP contribution in [0, 0.1) is 0 Å². The molecule has 11 rings (SSSR count). The topological polar surface area (TPSA) is 6.48 Å². The molecule has 0 amide bonds. The quantitative estimate of drug-likeness (QED) is 0.134. The van der Waals surface area contributed by atoms with Crippen molar-refractivity contribution in [3.05, 3.63) is 267 Å². The third-order valence-corrected chi connectivity index (χ3v) is 17.4. The molecule has 0 aromatic heterocycles. The highest BCUT2D eigenvalue weighted by molar-refractivity contribution is 7.21. The summed E-state index contributed by atoms with van der Waals surface area (Å²) in [6.45, 7) is 0. The van der Waals surface area contributed by atoms with E-state index in [4.69, 9.17) is 0 Å². The lowest BCUT2D eigenvalue weighted by atomic mass is 10.0. The zero-order valence-corrected chi connectivity index (χ0v) is 35.8. The molecule has 10 aromatic carbocycles. The molecule has 1 aliphatic rings. The molecule has 63 heavy (non-hydrogen) atoms. The van der Waals surface area contributed by atoms with Crippen LogP contribution in [0.5, 0.6) is 0 Å². The fourth-order valence-electron chi connectivity index (χ4n) is 9.63. The van der Waals surface area contributed by atoms with Crippen LogP contribution in [0.2, 0.25) is 0 Å². The van der Waals surface area contributed by atoms with Gasteiger partial charge < -0.3 is 9.80 Å². The highest BCUT2D eigenvalue weighted by Crippen LogP contribution is 2.41. The number of benzene rings is 10. The smallest absolute Gasteiger partial charge is 0.184 e. The summed E-state index contributed by atoms with van der Waals surface area (Å²) in [5, 5.41) is 5.51. The molecule has 0 radical (unpaired) electrons. The lowest BCUT2D eigenvalue weighted by Crippen LogP contribution is -2.77. The Morgan fingerprint density at radius 3 is 1.27 bits per heavy atom. The SMILES string of the molecule is c1ccc(-c2ccc(N(c3ccc(-c4ccc5c(c4)[Si](c4ccccc4)(c4ccccc4)c4ccccc4N5c4ccccc4)cc3)c3cccc(-c4ccccc4)c3)cc2)cc1. The summed E-state index contributed by atoms with van der Waals surface area (Å²) >= 11 is 0. The lowest BCUT2D eigenvalue weighted by molar-refractivity contribution is 1.28. The maximum Gasteiger partial charge on any atom is 0.184 e. The standard InChI is InChI=1S/C60H44N2Si/c1-6-19-45(20-7-1)47-33-38-52(39-34-47)61(54-26-18-23-49(43-54)46-21-8-2-9-22-46)53-40-35-48(36-41-53)50-37-42-58-60(44-50)63(55-27-12-4-13-28-55,56-29-14-5-15-30-56)59-32-17-16-31-57(59)62(58)51-24-10-3-11-25-51/h1-44H. The number of rotatable bonds is 9. The number of hydrogen-bond acceptors (Lipinski definition) is 2. The molecule has 1 heterocycles. The lowest BCUT2D eigenvalue weighted by Gasteiger charge is -2.45.